The van der Waals surface area contributed by atoms with Gasteiger partial charge in [0, 0.05) is 0 Å². The fraction of sp³-hybridized carbons (Fsp3) is 0.211. The average molecular weight is 386 g/mol. The van der Waals surface area contributed by atoms with Crippen LogP contribution in [0.3, 0.4) is 0 Å². The Labute approximate surface area is 159 Å². The molecule has 1 saturated heterocycles. The molecule has 1 aliphatic rings. The lowest BCUT2D eigenvalue weighted by Crippen LogP contribution is -2.32. The summed E-state index contributed by atoms with van der Waals surface area (Å²) in [5, 5.41) is 10.4. The molecule has 1 heterocycles. The Kier molecular flexibility index (Phi) is 5.78. The van der Waals surface area contributed by atoms with Crippen LogP contribution in [0.25, 0.3) is 0 Å². The molecule has 1 unspecified atom stereocenters. The first-order valence-electron chi connectivity index (χ1n) is 8.26. The van der Waals surface area contributed by atoms with E-state index in [4.69, 9.17) is 15.6 Å². The lowest BCUT2D eigenvalue weighted by Gasteiger charge is -2.10. The number of thioether (sulfide) groups is 1. The van der Waals surface area contributed by atoms with Crippen molar-refractivity contribution in [2.45, 2.75) is 24.1 Å². The molecule has 0 radical (unpaired) electrons. The maximum atomic E-state index is 11.6. The predicted molar refractivity (Wildman–Crippen MR) is 101 cm³/mol. The van der Waals surface area contributed by atoms with Crippen molar-refractivity contribution in [1.29, 1.82) is 0 Å². The van der Waals surface area contributed by atoms with Crippen LogP contribution in [0.1, 0.15) is 11.1 Å². The number of hydrogen-bond acceptors (Lipinski definition) is 6. The molecule has 3 rings (SSSR count). The number of ether oxygens (including phenoxy) is 1. The third-order valence-corrected chi connectivity index (χ3v) is 5.02. The van der Waals surface area contributed by atoms with E-state index in [1.807, 2.05) is 12.1 Å². The van der Waals surface area contributed by atoms with Gasteiger partial charge < -0.3 is 15.6 Å². The number of nitrogens with one attached hydrogen (secondary N) is 1. The Morgan fingerprint density at radius 1 is 1.07 bits per heavy atom. The lowest BCUT2D eigenvalue weighted by molar-refractivity contribution is -0.138. The molecule has 0 spiro atoms. The average Bonchev–Trinajstić information content (AvgIpc) is 2.95. The zero-order valence-electron chi connectivity index (χ0n) is 14.3. The molecule has 0 aromatic heterocycles. The van der Waals surface area contributed by atoms with E-state index in [0.717, 1.165) is 22.9 Å². The highest BCUT2D eigenvalue weighted by molar-refractivity contribution is 8.15. The SMILES string of the molecule is NC(Cc1ccc(Oc2ccc(C[C@@H]3SC(=O)NC3=O)cc2)cc1)C(=O)O. The van der Waals surface area contributed by atoms with Gasteiger partial charge >= 0.3 is 5.97 Å². The maximum absolute atomic E-state index is 11.6. The van der Waals surface area contributed by atoms with Crippen molar-refractivity contribution in [2.75, 3.05) is 0 Å². The molecule has 4 N–H and O–H groups in total. The molecule has 0 saturated carbocycles. The number of benzene rings is 2. The molecule has 2 atom stereocenters. The van der Waals surface area contributed by atoms with Gasteiger partial charge in [0.2, 0.25) is 5.91 Å². The first kappa shape index (κ1) is 18.9. The van der Waals surface area contributed by atoms with Gasteiger partial charge in [-0.2, -0.15) is 0 Å². The topological polar surface area (TPSA) is 119 Å². The van der Waals surface area contributed by atoms with Gasteiger partial charge in [0.15, 0.2) is 0 Å². The predicted octanol–water partition coefficient (Wildman–Crippen LogP) is 2.33. The van der Waals surface area contributed by atoms with Crippen LogP contribution >= 0.6 is 11.8 Å². The van der Waals surface area contributed by atoms with Crippen LogP contribution in [0.15, 0.2) is 48.5 Å². The smallest absolute Gasteiger partial charge is 0.320 e. The Morgan fingerprint density at radius 3 is 2.11 bits per heavy atom. The number of carbonyl (C=O) groups is 3. The summed E-state index contributed by atoms with van der Waals surface area (Å²) in [6.07, 6.45) is 0.723. The number of nitrogens with two attached hydrogens (primary N) is 1. The largest absolute Gasteiger partial charge is 0.480 e. The normalized spacial score (nSPS) is 17.4. The summed E-state index contributed by atoms with van der Waals surface area (Å²) in [6.45, 7) is 0. The highest BCUT2D eigenvalue weighted by Gasteiger charge is 2.31. The van der Waals surface area contributed by atoms with E-state index < -0.39 is 17.3 Å². The lowest BCUT2D eigenvalue weighted by atomic mass is 10.1. The summed E-state index contributed by atoms with van der Waals surface area (Å²) in [7, 11) is 0. The van der Waals surface area contributed by atoms with Crippen molar-refractivity contribution in [3.05, 3.63) is 59.7 Å². The number of carboxylic acid groups (broad SMARTS) is 1. The molecule has 2 aromatic rings. The van der Waals surface area contributed by atoms with Crippen molar-refractivity contribution < 1.29 is 24.2 Å². The Hall–Kier alpha value is -2.84. The number of carboxylic acids is 1. The minimum Gasteiger partial charge on any atom is -0.480 e. The zero-order valence-corrected chi connectivity index (χ0v) is 15.1. The fourth-order valence-electron chi connectivity index (χ4n) is 2.61. The second kappa shape index (κ2) is 8.24. The van der Waals surface area contributed by atoms with Crippen molar-refractivity contribution >= 4 is 28.9 Å². The van der Waals surface area contributed by atoms with Gasteiger partial charge in [0.05, 0.1) is 5.25 Å². The number of imide groups is 1. The van der Waals surface area contributed by atoms with Gasteiger partial charge in [-0.25, -0.2) is 0 Å². The monoisotopic (exact) mass is 386 g/mol. The molecule has 8 heteroatoms. The molecule has 140 valence electrons. The van der Waals surface area contributed by atoms with Crippen LogP contribution in [0.5, 0.6) is 11.5 Å². The maximum Gasteiger partial charge on any atom is 0.320 e. The fourth-order valence-corrected chi connectivity index (χ4v) is 3.47. The molecular formula is C19H18N2O5S. The zero-order chi connectivity index (χ0) is 19.4. The van der Waals surface area contributed by atoms with E-state index in [1.54, 1.807) is 36.4 Å². The van der Waals surface area contributed by atoms with Gasteiger partial charge in [0.25, 0.3) is 5.24 Å². The van der Waals surface area contributed by atoms with Crippen molar-refractivity contribution in [1.82, 2.24) is 5.32 Å². The van der Waals surface area contributed by atoms with E-state index in [1.165, 1.54) is 0 Å². The molecule has 0 bridgehead atoms. The third-order valence-electron chi connectivity index (χ3n) is 4.04. The summed E-state index contributed by atoms with van der Waals surface area (Å²) in [6, 6.07) is 13.4. The summed E-state index contributed by atoms with van der Waals surface area (Å²) < 4.78 is 5.76. The highest BCUT2D eigenvalue weighted by Crippen LogP contribution is 2.26. The van der Waals surface area contributed by atoms with Crippen LogP contribution in [-0.2, 0) is 22.4 Å². The minimum absolute atomic E-state index is 0.250. The van der Waals surface area contributed by atoms with Gasteiger partial charge in [0.1, 0.15) is 17.5 Å². The highest BCUT2D eigenvalue weighted by atomic mass is 32.2. The van der Waals surface area contributed by atoms with Gasteiger partial charge in [-0.05, 0) is 48.2 Å². The van der Waals surface area contributed by atoms with E-state index >= 15 is 0 Å². The Balaban J connectivity index is 1.57. The molecule has 1 aliphatic heterocycles. The number of rotatable bonds is 7. The van der Waals surface area contributed by atoms with Crippen molar-refractivity contribution in [3.63, 3.8) is 0 Å². The van der Waals surface area contributed by atoms with E-state index in [0.29, 0.717) is 17.9 Å². The number of hydrogen-bond donors (Lipinski definition) is 3. The van der Waals surface area contributed by atoms with E-state index in [2.05, 4.69) is 5.32 Å². The first-order chi connectivity index (χ1) is 12.9. The molecule has 27 heavy (non-hydrogen) atoms. The van der Waals surface area contributed by atoms with Crippen LogP contribution in [0.2, 0.25) is 0 Å². The van der Waals surface area contributed by atoms with Gasteiger partial charge in [-0.15, -0.1) is 0 Å². The Morgan fingerprint density at radius 2 is 1.63 bits per heavy atom. The van der Waals surface area contributed by atoms with E-state index in [-0.39, 0.29) is 17.6 Å². The van der Waals surface area contributed by atoms with E-state index in [9.17, 15) is 14.4 Å². The van der Waals surface area contributed by atoms with Crippen LogP contribution in [0, 0.1) is 0 Å². The number of aliphatic carboxylic acids is 1. The van der Waals surface area contributed by atoms with Gasteiger partial charge in [-0.3, -0.25) is 19.7 Å². The molecule has 2 aromatic carbocycles. The molecule has 2 amide bonds. The van der Waals surface area contributed by atoms with Crippen LogP contribution in [0.4, 0.5) is 4.79 Å². The number of carbonyl (C=O) groups excluding carboxylic acids is 2. The molecule has 1 fully saturated rings. The van der Waals surface area contributed by atoms with Gasteiger partial charge in [-0.1, -0.05) is 36.0 Å². The summed E-state index contributed by atoms with van der Waals surface area (Å²) in [5.41, 5.74) is 7.27. The standard InChI is InChI=1S/C19H18N2O5S/c20-15(18(23)24)9-11-1-5-13(6-2-11)26-14-7-3-12(4-8-14)10-16-17(22)21-19(25)27-16/h1-8,15-16H,9-10,20H2,(H,23,24)(H,21,22,25)/t15?,16-/m0/s1. The molecule has 0 aliphatic carbocycles. The van der Waals surface area contributed by atoms with Crippen LogP contribution in [-0.4, -0.2) is 33.5 Å². The number of amides is 2. The van der Waals surface area contributed by atoms with Crippen molar-refractivity contribution in [2.24, 2.45) is 5.73 Å². The Bertz CT molecular complexity index is 851. The third kappa shape index (κ3) is 5.08. The first-order valence-corrected chi connectivity index (χ1v) is 9.14. The quantitative estimate of drug-likeness (QED) is 0.668. The summed E-state index contributed by atoms with van der Waals surface area (Å²) in [4.78, 5) is 33.6. The summed E-state index contributed by atoms with van der Waals surface area (Å²) >= 11 is 1.01. The second-order valence-corrected chi connectivity index (χ2v) is 7.30. The minimum atomic E-state index is -1.03. The van der Waals surface area contributed by atoms with Crippen LogP contribution < -0.4 is 15.8 Å². The molecule has 7 nitrogen and oxygen atoms in total. The van der Waals surface area contributed by atoms with Crippen molar-refractivity contribution in [3.8, 4) is 11.5 Å². The second-order valence-electron chi connectivity index (χ2n) is 6.13. The summed E-state index contributed by atoms with van der Waals surface area (Å²) in [5.74, 6) is -0.0404. The molecular weight excluding hydrogens is 368 g/mol.